The molecule has 0 heterocycles. The standard InChI is InChI=1S/C26H51NO8/c1-4-5-6-7-8-9-10-11-12-13-14-15-25(28)34-22-24(31-3)23-35-26(29)27-16-17-32-20-21-33-19-18-30-2/h24H,4-23H2,1-3H3,(H,27,29). The van der Waals surface area contributed by atoms with E-state index < -0.39 is 12.2 Å². The first kappa shape index (κ1) is 33.6. The Hall–Kier alpha value is -1.42. The summed E-state index contributed by atoms with van der Waals surface area (Å²) in [5.74, 6) is -0.240. The molecule has 0 aromatic heterocycles. The van der Waals surface area contributed by atoms with Gasteiger partial charge in [0, 0.05) is 27.2 Å². The lowest BCUT2D eigenvalue weighted by Crippen LogP contribution is -2.33. The number of esters is 1. The minimum absolute atomic E-state index is 0.00224. The molecule has 1 atom stereocenters. The van der Waals surface area contributed by atoms with E-state index in [1.165, 1.54) is 64.9 Å². The van der Waals surface area contributed by atoms with Crippen LogP contribution in [0, 0.1) is 0 Å². The number of nitrogens with one attached hydrogen (secondary N) is 1. The summed E-state index contributed by atoms with van der Waals surface area (Å²) in [6.45, 7) is 4.98. The zero-order valence-corrected chi connectivity index (χ0v) is 22.5. The summed E-state index contributed by atoms with van der Waals surface area (Å²) in [4.78, 5) is 23.7. The van der Waals surface area contributed by atoms with Crippen LogP contribution in [-0.2, 0) is 33.2 Å². The molecule has 0 saturated carbocycles. The average Bonchev–Trinajstić information content (AvgIpc) is 2.86. The Morgan fingerprint density at radius 1 is 0.686 bits per heavy atom. The molecular weight excluding hydrogens is 454 g/mol. The van der Waals surface area contributed by atoms with E-state index in [2.05, 4.69) is 12.2 Å². The molecule has 0 bridgehead atoms. The van der Waals surface area contributed by atoms with Gasteiger partial charge in [0.25, 0.3) is 0 Å². The molecule has 9 heteroatoms. The van der Waals surface area contributed by atoms with E-state index >= 15 is 0 Å². The number of hydrogen-bond acceptors (Lipinski definition) is 8. The molecule has 9 nitrogen and oxygen atoms in total. The van der Waals surface area contributed by atoms with E-state index in [-0.39, 0.29) is 19.2 Å². The summed E-state index contributed by atoms with van der Waals surface area (Å²) in [5.41, 5.74) is 0. The number of ether oxygens (including phenoxy) is 6. The molecule has 208 valence electrons. The summed E-state index contributed by atoms with van der Waals surface area (Å²) in [6, 6.07) is 0. The van der Waals surface area contributed by atoms with Crippen molar-refractivity contribution in [2.45, 2.75) is 90.1 Å². The number of amides is 1. The van der Waals surface area contributed by atoms with Crippen molar-refractivity contribution in [1.29, 1.82) is 0 Å². The molecule has 1 amide bonds. The Labute approximate surface area is 212 Å². The van der Waals surface area contributed by atoms with Gasteiger partial charge in [-0.1, -0.05) is 71.1 Å². The van der Waals surface area contributed by atoms with Gasteiger partial charge in [0.05, 0.1) is 33.0 Å². The summed E-state index contributed by atoms with van der Waals surface area (Å²) in [7, 11) is 3.11. The Morgan fingerprint density at radius 2 is 1.23 bits per heavy atom. The lowest BCUT2D eigenvalue weighted by molar-refractivity contribution is -0.148. The maximum absolute atomic E-state index is 11.9. The van der Waals surface area contributed by atoms with Gasteiger partial charge in [0.15, 0.2) is 0 Å². The average molecular weight is 506 g/mol. The van der Waals surface area contributed by atoms with Crippen LogP contribution in [0.4, 0.5) is 4.79 Å². The van der Waals surface area contributed by atoms with Crippen molar-refractivity contribution in [1.82, 2.24) is 5.32 Å². The molecule has 1 unspecified atom stereocenters. The highest BCUT2D eigenvalue weighted by molar-refractivity contribution is 5.69. The van der Waals surface area contributed by atoms with Crippen LogP contribution in [0.3, 0.4) is 0 Å². The minimum atomic E-state index is -0.570. The second-order valence-electron chi connectivity index (χ2n) is 8.57. The molecular formula is C26H51NO8. The van der Waals surface area contributed by atoms with Gasteiger partial charge >= 0.3 is 12.1 Å². The van der Waals surface area contributed by atoms with Crippen molar-refractivity contribution in [3.8, 4) is 0 Å². The molecule has 0 radical (unpaired) electrons. The van der Waals surface area contributed by atoms with Crippen LogP contribution in [0.1, 0.15) is 84.0 Å². The highest BCUT2D eigenvalue weighted by Crippen LogP contribution is 2.12. The van der Waals surface area contributed by atoms with Crippen molar-refractivity contribution >= 4 is 12.1 Å². The van der Waals surface area contributed by atoms with Crippen LogP contribution in [0.5, 0.6) is 0 Å². The number of alkyl carbamates (subject to hydrolysis) is 1. The van der Waals surface area contributed by atoms with Gasteiger partial charge in [-0.15, -0.1) is 0 Å². The lowest BCUT2D eigenvalue weighted by atomic mass is 10.1. The normalized spacial score (nSPS) is 11.9. The molecule has 0 aliphatic heterocycles. The van der Waals surface area contributed by atoms with E-state index in [4.69, 9.17) is 28.4 Å². The molecule has 0 aromatic carbocycles. The van der Waals surface area contributed by atoms with Crippen LogP contribution in [0.25, 0.3) is 0 Å². The predicted octanol–water partition coefficient (Wildman–Crippen LogP) is 4.65. The van der Waals surface area contributed by atoms with Crippen LogP contribution in [0.2, 0.25) is 0 Å². The second kappa shape index (κ2) is 27.2. The van der Waals surface area contributed by atoms with E-state index in [0.29, 0.717) is 46.0 Å². The number of unbranched alkanes of at least 4 members (excludes halogenated alkanes) is 10. The SMILES string of the molecule is CCCCCCCCCCCCCC(=O)OCC(COC(=O)NCCOCCOCCOC)OC. The van der Waals surface area contributed by atoms with Gasteiger partial charge in [0.1, 0.15) is 19.3 Å². The van der Waals surface area contributed by atoms with Crippen molar-refractivity contribution in [3.05, 3.63) is 0 Å². The molecule has 35 heavy (non-hydrogen) atoms. The highest BCUT2D eigenvalue weighted by Gasteiger charge is 2.14. The smallest absolute Gasteiger partial charge is 0.407 e. The van der Waals surface area contributed by atoms with Crippen LogP contribution >= 0.6 is 0 Å². The summed E-state index contributed by atoms with van der Waals surface area (Å²) in [5, 5.41) is 2.59. The van der Waals surface area contributed by atoms with Gasteiger partial charge in [0.2, 0.25) is 0 Å². The zero-order chi connectivity index (χ0) is 25.8. The van der Waals surface area contributed by atoms with Gasteiger partial charge in [-0.2, -0.15) is 0 Å². The van der Waals surface area contributed by atoms with Crippen molar-refractivity contribution in [2.24, 2.45) is 0 Å². The number of rotatable bonds is 26. The van der Waals surface area contributed by atoms with Gasteiger partial charge in [-0.25, -0.2) is 4.79 Å². The summed E-state index contributed by atoms with van der Waals surface area (Å²) < 4.78 is 31.1. The number of carbonyl (C=O) groups is 2. The molecule has 0 aliphatic rings. The first-order valence-electron chi connectivity index (χ1n) is 13.4. The molecule has 0 rings (SSSR count). The Balaban J connectivity index is 3.56. The maximum atomic E-state index is 11.9. The van der Waals surface area contributed by atoms with Gasteiger partial charge in [-0.3, -0.25) is 4.79 Å². The van der Waals surface area contributed by atoms with Crippen LogP contribution in [-0.4, -0.2) is 85.2 Å². The number of hydrogen-bond donors (Lipinski definition) is 1. The van der Waals surface area contributed by atoms with Gasteiger partial charge in [-0.05, 0) is 6.42 Å². The Bertz CT molecular complexity index is 478. The monoisotopic (exact) mass is 505 g/mol. The van der Waals surface area contributed by atoms with E-state index in [1.54, 1.807) is 7.11 Å². The van der Waals surface area contributed by atoms with Crippen LogP contribution < -0.4 is 5.32 Å². The Kier molecular flexibility index (Phi) is 26.1. The van der Waals surface area contributed by atoms with Crippen molar-refractivity contribution in [3.63, 3.8) is 0 Å². The number of carbonyl (C=O) groups excluding carboxylic acids is 2. The van der Waals surface area contributed by atoms with E-state index in [0.717, 1.165) is 12.8 Å². The molecule has 1 N–H and O–H groups in total. The number of methoxy groups -OCH3 is 2. The Morgan fingerprint density at radius 3 is 1.83 bits per heavy atom. The van der Waals surface area contributed by atoms with Crippen LogP contribution in [0.15, 0.2) is 0 Å². The summed E-state index contributed by atoms with van der Waals surface area (Å²) >= 11 is 0. The van der Waals surface area contributed by atoms with E-state index in [1.807, 2.05) is 0 Å². The van der Waals surface area contributed by atoms with Crippen molar-refractivity contribution in [2.75, 3.05) is 67.0 Å². The summed E-state index contributed by atoms with van der Waals surface area (Å²) in [6.07, 6.45) is 13.0. The first-order chi connectivity index (χ1) is 17.1. The first-order valence-corrected chi connectivity index (χ1v) is 13.4. The predicted molar refractivity (Wildman–Crippen MR) is 136 cm³/mol. The van der Waals surface area contributed by atoms with Gasteiger partial charge < -0.3 is 33.7 Å². The third-order valence-corrected chi connectivity index (χ3v) is 5.47. The molecule has 0 aromatic rings. The third-order valence-electron chi connectivity index (χ3n) is 5.47. The molecule has 0 fully saturated rings. The topological polar surface area (TPSA) is 102 Å². The molecule has 0 aliphatic carbocycles. The third kappa shape index (κ3) is 25.5. The fourth-order valence-corrected chi connectivity index (χ4v) is 3.28. The largest absolute Gasteiger partial charge is 0.463 e. The minimum Gasteiger partial charge on any atom is -0.463 e. The fraction of sp³-hybridized carbons (Fsp3) is 0.923. The lowest BCUT2D eigenvalue weighted by Gasteiger charge is -2.16. The zero-order valence-electron chi connectivity index (χ0n) is 22.5. The molecule has 0 saturated heterocycles. The fourth-order valence-electron chi connectivity index (χ4n) is 3.28. The second-order valence-corrected chi connectivity index (χ2v) is 8.57. The maximum Gasteiger partial charge on any atom is 0.407 e. The van der Waals surface area contributed by atoms with Crippen molar-refractivity contribution < 1.29 is 38.0 Å². The quantitative estimate of drug-likeness (QED) is 0.134. The highest BCUT2D eigenvalue weighted by atomic mass is 16.6. The molecule has 0 spiro atoms. The van der Waals surface area contributed by atoms with E-state index in [9.17, 15) is 9.59 Å².